The third-order valence-corrected chi connectivity index (χ3v) is 4.03. The van der Waals surface area contributed by atoms with Gasteiger partial charge >= 0.3 is 6.36 Å². The monoisotopic (exact) mass is 350 g/mol. The van der Waals surface area contributed by atoms with Crippen LogP contribution in [0, 0.1) is 0 Å². The zero-order valence-electron chi connectivity index (χ0n) is 12.6. The second-order valence-electron chi connectivity index (χ2n) is 5.57. The van der Waals surface area contributed by atoms with Gasteiger partial charge in [-0.15, -0.1) is 25.6 Å². The fraction of sp³-hybridized carbons (Fsp3) is 0.533. The lowest BCUT2D eigenvalue weighted by Crippen LogP contribution is -2.44. The van der Waals surface area contributed by atoms with Gasteiger partial charge in [-0.1, -0.05) is 19.4 Å². The van der Waals surface area contributed by atoms with Crippen LogP contribution in [0.5, 0.6) is 5.75 Å². The standard InChI is InChI=1S/C15H17F3N2O2.ClH/c1-2-3-9-6-10-11-8-19-4-5-20(11)14(21)13(10)12(7-9)22-15(16,17)18;/h6-7,11,19H,2-5,8H2,1H3;1H/t11-;/m1./s1. The second-order valence-corrected chi connectivity index (χ2v) is 5.57. The van der Waals surface area contributed by atoms with Crippen molar-refractivity contribution in [1.82, 2.24) is 10.2 Å². The summed E-state index contributed by atoms with van der Waals surface area (Å²) in [5.41, 5.74) is 1.47. The Labute approximate surface area is 138 Å². The fourth-order valence-corrected chi connectivity index (χ4v) is 3.20. The number of hydrogen-bond donors (Lipinski definition) is 1. The number of alkyl halides is 3. The molecule has 2 aliphatic heterocycles. The van der Waals surface area contributed by atoms with Crippen LogP contribution >= 0.6 is 12.4 Å². The number of hydrogen-bond acceptors (Lipinski definition) is 3. The Morgan fingerprint density at radius 3 is 2.78 bits per heavy atom. The lowest BCUT2D eigenvalue weighted by atomic mass is 9.98. The highest BCUT2D eigenvalue weighted by molar-refractivity contribution is 6.02. The molecule has 1 aromatic carbocycles. The maximum Gasteiger partial charge on any atom is 0.573 e. The summed E-state index contributed by atoms with van der Waals surface area (Å²) in [5.74, 6) is -0.739. The molecule has 8 heteroatoms. The number of nitrogens with one attached hydrogen (secondary N) is 1. The average Bonchev–Trinajstić information content (AvgIpc) is 2.72. The van der Waals surface area contributed by atoms with Gasteiger partial charge in [-0.2, -0.15) is 0 Å². The average molecular weight is 351 g/mol. The van der Waals surface area contributed by atoms with Crippen LogP contribution in [0.15, 0.2) is 12.1 Å². The minimum Gasteiger partial charge on any atom is -0.405 e. The summed E-state index contributed by atoms with van der Waals surface area (Å²) in [6, 6.07) is 2.99. The number of halogens is 4. The molecule has 0 bridgehead atoms. The number of carbonyl (C=O) groups excluding carboxylic acids is 1. The zero-order chi connectivity index (χ0) is 15.9. The van der Waals surface area contributed by atoms with E-state index >= 15 is 0 Å². The summed E-state index contributed by atoms with van der Waals surface area (Å²) in [5, 5.41) is 3.18. The van der Waals surface area contributed by atoms with Crippen LogP contribution < -0.4 is 10.1 Å². The van der Waals surface area contributed by atoms with Crippen molar-refractivity contribution in [1.29, 1.82) is 0 Å². The molecule has 0 saturated carbocycles. The van der Waals surface area contributed by atoms with E-state index in [0.717, 1.165) is 12.0 Å². The molecule has 2 aliphatic rings. The van der Waals surface area contributed by atoms with Crippen LogP contribution in [-0.2, 0) is 6.42 Å². The Morgan fingerprint density at radius 1 is 1.39 bits per heavy atom. The summed E-state index contributed by atoms with van der Waals surface area (Å²) in [4.78, 5) is 14.1. The molecule has 2 heterocycles. The second kappa shape index (κ2) is 6.57. The molecule has 0 spiro atoms. The first-order valence-electron chi connectivity index (χ1n) is 7.35. The zero-order valence-corrected chi connectivity index (χ0v) is 13.4. The Hall–Kier alpha value is -1.47. The van der Waals surface area contributed by atoms with Gasteiger partial charge in [0.25, 0.3) is 5.91 Å². The normalized spacial score (nSPS) is 19.9. The highest BCUT2D eigenvalue weighted by Crippen LogP contribution is 2.41. The SMILES string of the molecule is CCCc1cc(OC(F)(F)F)c2c(c1)[C@H]1CNCCN1C2=O.Cl. The Balaban J connectivity index is 0.00000192. The highest BCUT2D eigenvalue weighted by atomic mass is 35.5. The van der Waals surface area contributed by atoms with Crippen LogP contribution in [0.1, 0.15) is 40.9 Å². The first-order chi connectivity index (χ1) is 10.4. The lowest BCUT2D eigenvalue weighted by molar-refractivity contribution is -0.274. The van der Waals surface area contributed by atoms with E-state index in [1.165, 1.54) is 6.07 Å². The number of aryl methyl sites for hydroxylation is 1. The molecular weight excluding hydrogens is 333 g/mol. The quantitative estimate of drug-likeness (QED) is 0.911. The van der Waals surface area contributed by atoms with Crippen molar-refractivity contribution in [2.45, 2.75) is 32.2 Å². The van der Waals surface area contributed by atoms with Gasteiger partial charge in [0.15, 0.2) is 0 Å². The van der Waals surface area contributed by atoms with Gasteiger partial charge in [0.1, 0.15) is 5.75 Å². The predicted octanol–water partition coefficient (Wildman–Crippen LogP) is 3.06. The van der Waals surface area contributed by atoms with Crippen molar-refractivity contribution in [3.05, 3.63) is 28.8 Å². The van der Waals surface area contributed by atoms with E-state index in [0.29, 0.717) is 31.6 Å². The highest BCUT2D eigenvalue weighted by Gasteiger charge is 2.42. The molecule has 0 aliphatic carbocycles. The fourth-order valence-electron chi connectivity index (χ4n) is 3.20. The lowest BCUT2D eigenvalue weighted by Gasteiger charge is -2.30. The van der Waals surface area contributed by atoms with Crippen molar-refractivity contribution in [3.8, 4) is 5.75 Å². The van der Waals surface area contributed by atoms with E-state index in [1.54, 1.807) is 4.90 Å². The first kappa shape index (κ1) is 17.9. The smallest absolute Gasteiger partial charge is 0.405 e. The third kappa shape index (κ3) is 3.40. The van der Waals surface area contributed by atoms with Crippen molar-refractivity contribution in [2.24, 2.45) is 0 Å². The van der Waals surface area contributed by atoms with E-state index in [4.69, 9.17) is 0 Å². The van der Waals surface area contributed by atoms with Gasteiger partial charge in [0, 0.05) is 19.6 Å². The van der Waals surface area contributed by atoms with Crippen LogP contribution in [-0.4, -0.2) is 36.8 Å². The molecule has 1 saturated heterocycles. The summed E-state index contributed by atoms with van der Waals surface area (Å²) < 4.78 is 42.1. The van der Waals surface area contributed by atoms with Gasteiger partial charge < -0.3 is 15.0 Å². The van der Waals surface area contributed by atoms with Crippen molar-refractivity contribution < 1.29 is 22.7 Å². The Bertz CT molecular complexity index is 607. The number of fused-ring (bicyclic) bond motifs is 3. The van der Waals surface area contributed by atoms with E-state index in [-0.39, 0.29) is 35.7 Å². The molecule has 1 aromatic rings. The van der Waals surface area contributed by atoms with Gasteiger partial charge in [0.05, 0.1) is 11.6 Å². The van der Waals surface area contributed by atoms with E-state index in [1.807, 2.05) is 13.0 Å². The molecule has 1 atom stereocenters. The van der Waals surface area contributed by atoms with Gasteiger partial charge in [-0.05, 0) is 23.6 Å². The Kier molecular flexibility index (Phi) is 5.10. The maximum atomic E-state index is 12.7. The van der Waals surface area contributed by atoms with Crippen molar-refractivity contribution in [3.63, 3.8) is 0 Å². The molecule has 0 unspecified atom stereocenters. The maximum absolute atomic E-state index is 12.7. The predicted molar refractivity (Wildman–Crippen MR) is 81.0 cm³/mol. The van der Waals surface area contributed by atoms with Gasteiger partial charge in [0.2, 0.25) is 0 Å². The summed E-state index contributed by atoms with van der Waals surface area (Å²) in [7, 11) is 0. The molecule has 1 amide bonds. The van der Waals surface area contributed by atoms with Crippen molar-refractivity contribution in [2.75, 3.05) is 19.6 Å². The van der Waals surface area contributed by atoms with E-state index in [9.17, 15) is 18.0 Å². The number of amides is 1. The van der Waals surface area contributed by atoms with Crippen LogP contribution in [0.2, 0.25) is 0 Å². The van der Waals surface area contributed by atoms with Crippen molar-refractivity contribution >= 4 is 18.3 Å². The molecule has 1 N–H and O–H groups in total. The summed E-state index contributed by atoms with van der Waals surface area (Å²) >= 11 is 0. The topological polar surface area (TPSA) is 41.6 Å². The number of rotatable bonds is 3. The molecular formula is C15H18ClF3N2O2. The van der Waals surface area contributed by atoms with Crippen LogP contribution in [0.4, 0.5) is 13.2 Å². The van der Waals surface area contributed by atoms with E-state index in [2.05, 4.69) is 10.1 Å². The van der Waals surface area contributed by atoms with Crippen LogP contribution in [0.25, 0.3) is 0 Å². The summed E-state index contributed by atoms with van der Waals surface area (Å²) in [6.45, 7) is 3.65. The molecule has 23 heavy (non-hydrogen) atoms. The molecule has 4 nitrogen and oxygen atoms in total. The van der Waals surface area contributed by atoms with E-state index < -0.39 is 6.36 Å². The molecule has 128 valence electrons. The minimum atomic E-state index is -4.81. The largest absolute Gasteiger partial charge is 0.573 e. The number of piperazine rings is 1. The number of carbonyl (C=O) groups is 1. The number of benzene rings is 1. The molecule has 1 fully saturated rings. The summed E-state index contributed by atoms with van der Waals surface area (Å²) in [6.07, 6.45) is -3.35. The third-order valence-electron chi connectivity index (χ3n) is 4.03. The first-order valence-corrected chi connectivity index (χ1v) is 7.35. The Morgan fingerprint density at radius 2 is 2.13 bits per heavy atom. The molecule has 0 radical (unpaired) electrons. The number of nitrogens with zero attached hydrogens (tertiary/aromatic N) is 1. The van der Waals surface area contributed by atoms with Gasteiger partial charge in [-0.25, -0.2) is 0 Å². The van der Waals surface area contributed by atoms with Crippen LogP contribution in [0.3, 0.4) is 0 Å². The van der Waals surface area contributed by atoms with Gasteiger partial charge in [-0.3, -0.25) is 4.79 Å². The molecule has 3 rings (SSSR count). The number of ether oxygens (including phenoxy) is 1. The minimum absolute atomic E-state index is 0. The molecule has 0 aromatic heterocycles.